The van der Waals surface area contributed by atoms with Gasteiger partial charge in [-0.15, -0.1) is 0 Å². The highest BCUT2D eigenvalue weighted by Crippen LogP contribution is 2.32. The second-order valence-electron chi connectivity index (χ2n) is 7.43. The molecule has 162 valence electrons. The second-order valence-corrected chi connectivity index (χ2v) is 8.27. The van der Waals surface area contributed by atoms with Gasteiger partial charge < -0.3 is 4.57 Å². The molecule has 32 heavy (non-hydrogen) atoms. The van der Waals surface area contributed by atoms with Crippen molar-refractivity contribution in [2.45, 2.75) is 19.1 Å². The smallest absolute Gasteiger partial charge is 0.115 e. The lowest BCUT2D eigenvalue weighted by atomic mass is 10.1. The number of rotatable bonds is 6. The highest BCUT2D eigenvalue weighted by molar-refractivity contribution is 6.31. The third-order valence-electron chi connectivity index (χ3n) is 5.39. The SMILES string of the molecule is Clc1ccc(-c2c(-c3cc(C4NNNN4)ccn3)ncn2CCc2ccccc2Cl)cc1. The highest BCUT2D eigenvalue weighted by Gasteiger charge is 2.20. The summed E-state index contributed by atoms with van der Waals surface area (Å²) in [5.41, 5.74) is 17.6. The lowest BCUT2D eigenvalue weighted by Gasteiger charge is -2.13. The Kier molecular flexibility index (Phi) is 6.18. The molecule has 0 atom stereocenters. The zero-order chi connectivity index (χ0) is 21.9. The van der Waals surface area contributed by atoms with Crippen molar-refractivity contribution in [3.63, 3.8) is 0 Å². The third-order valence-corrected chi connectivity index (χ3v) is 6.01. The molecule has 0 spiro atoms. The number of hydrazine groups is 3. The second kappa shape index (κ2) is 9.38. The fourth-order valence-corrected chi connectivity index (χ4v) is 4.12. The maximum Gasteiger partial charge on any atom is 0.115 e. The number of nitrogens with one attached hydrogen (secondary N) is 4. The molecule has 1 saturated heterocycles. The van der Waals surface area contributed by atoms with Crippen LogP contribution < -0.4 is 21.9 Å². The minimum atomic E-state index is -0.0851. The summed E-state index contributed by atoms with van der Waals surface area (Å²) in [4.78, 5) is 9.36. The number of pyridine rings is 1. The summed E-state index contributed by atoms with van der Waals surface area (Å²) in [5, 5.41) is 1.46. The van der Waals surface area contributed by atoms with Crippen molar-refractivity contribution in [2.24, 2.45) is 0 Å². The number of hydrogen-bond donors (Lipinski definition) is 4. The Balaban J connectivity index is 1.53. The van der Waals surface area contributed by atoms with Crippen LogP contribution in [0.1, 0.15) is 17.3 Å². The topological polar surface area (TPSA) is 78.8 Å². The van der Waals surface area contributed by atoms with E-state index in [4.69, 9.17) is 28.2 Å². The predicted molar refractivity (Wildman–Crippen MR) is 126 cm³/mol. The summed E-state index contributed by atoms with van der Waals surface area (Å²) in [5.74, 6) is 0. The molecule has 4 aromatic rings. The molecule has 2 aromatic heterocycles. The molecule has 1 aliphatic rings. The van der Waals surface area contributed by atoms with Crippen LogP contribution in [-0.4, -0.2) is 14.5 Å². The summed E-state index contributed by atoms with van der Waals surface area (Å²) in [7, 11) is 0. The van der Waals surface area contributed by atoms with Crippen molar-refractivity contribution in [3.8, 4) is 22.6 Å². The molecule has 0 bridgehead atoms. The van der Waals surface area contributed by atoms with Crippen LogP contribution in [0, 0.1) is 0 Å². The van der Waals surface area contributed by atoms with E-state index in [-0.39, 0.29) is 6.17 Å². The summed E-state index contributed by atoms with van der Waals surface area (Å²) < 4.78 is 2.14. The third kappa shape index (κ3) is 4.40. The Morgan fingerprint density at radius 3 is 2.47 bits per heavy atom. The first-order chi connectivity index (χ1) is 15.7. The maximum atomic E-state index is 6.37. The van der Waals surface area contributed by atoms with E-state index >= 15 is 0 Å². The van der Waals surface area contributed by atoms with Crippen LogP contribution in [0.2, 0.25) is 10.0 Å². The molecule has 1 aliphatic heterocycles. The molecule has 2 aromatic carbocycles. The molecule has 5 rings (SSSR count). The van der Waals surface area contributed by atoms with Gasteiger partial charge in [-0.3, -0.25) is 4.98 Å². The Morgan fingerprint density at radius 1 is 0.906 bits per heavy atom. The summed E-state index contributed by atoms with van der Waals surface area (Å²) >= 11 is 12.5. The molecule has 0 radical (unpaired) electrons. The van der Waals surface area contributed by atoms with Crippen molar-refractivity contribution >= 4 is 23.2 Å². The highest BCUT2D eigenvalue weighted by atomic mass is 35.5. The normalized spacial score (nSPS) is 14.2. The van der Waals surface area contributed by atoms with Gasteiger partial charge in [-0.2, -0.15) is 11.1 Å². The van der Waals surface area contributed by atoms with Gasteiger partial charge in [0.25, 0.3) is 0 Å². The predicted octanol–water partition coefficient (Wildman–Crippen LogP) is 4.28. The summed E-state index contributed by atoms with van der Waals surface area (Å²) in [6, 6.07) is 19.7. The Bertz CT molecular complexity index is 1220. The zero-order valence-electron chi connectivity index (χ0n) is 17.0. The van der Waals surface area contributed by atoms with Gasteiger partial charge in [0.1, 0.15) is 11.9 Å². The lowest BCUT2D eigenvalue weighted by molar-refractivity contribution is 0.554. The van der Waals surface area contributed by atoms with Crippen molar-refractivity contribution in [1.82, 2.24) is 36.5 Å². The minimum absolute atomic E-state index is 0.0851. The van der Waals surface area contributed by atoms with E-state index < -0.39 is 0 Å². The monoisotopic (exact) mass is 465 g/mol. The van der Waals surface area contributed by atoms with Gasteiger partial charge in [0.05, 0.1) is 17.7 Å². The van der Waals surface area contributed by atoms with Gasteiger partial charge in [-0.25, -0.2) is 15.8 Å². The molecule has 1 fully saturated rings. The van der Waals surface area contributed by atoms with E-state index in [2.05, 4.69) is 37.5 Å². The fraction of sp³-hybridized carbons (Fsp3) is 0.130. The van der Waals surface area contributed by atoms with Crippen molar-refractivity contribution in [3.05, 3.63) is 94.4 Å². The van der Waals surface area contributed by atoms with Crippen LogP contribution in [0.5, 0.6) is 0 Å². The first kappa shape index (κ1) is 21.1. The number of hydrogen-bond acceptors (Lipinski definition) is 6. The van der Waals surface area contributed by atoms with Crippen LogP contribution in [0.4, 0.5) is 0 Å². The van der Waals surface area contributed by atoms with Gasteiger partial charge >= 0.3 is 0 Å². The van der Waals surface area contributed by atoms with Gasteiger partial charge in [0.15, 0.2) is 0 Å². The van der Waals surface area contributed by atoms with E-state index in [1.807, 2.05) is 60.9 Å². The van der Waals surface area contributed by atoms with E-state index in [9.17, 15) is 0 Å². The van der Waals surface area contributed by atoms with Gasteiger partial charge in [-0.05, 0) is 47.9 Å². The van der Waals surface area contributed by atoms with Crippen molar-refractivity contribution in [1.29, 1.82) is 0 Å². The zero-order valence-corrected chi connectivity index (χ0v) is 18.5. The van der Waals surface area contributed by atoms with Gasteiger partial charge in [0, 0.05) is 28.4 Å². The first-order valence-electron chi connectivity index (χ1n) is 10.2. The molecule has 9 heteroatoms. The number of aryl methyl sites for hydroxylation is 2. The molecule has 4 N–H and O–H groups in total. The average Bonchev–Trinajstić information content (AvgIpc) is 3.50. The van der Waals surface area contributed by atoms with Crippen LogP contribution in [-0.2, 0) is 13.0 Å². The van der Waals surface area contributed by atoms with E-state index in [0.29, 0.717) is 5.02 Å². The Morgan fingerprint density at radius 2 is 1.69 bits per heavy atom. The summed E-state index contributed by atoms with van der Waals surface area (Å²) in [6.45, 7) is 0.730. The Hall–Kier alpha value is -2.78. The fourth-order valence-electron chi connectivity index (χ4n) is 3.77. The molecular weight excluding hydrogens is 445 g/mol. The number of aromatic nitrogens is 3. The van der Waals surface area contributed by atoms with Gasteiger partial charge in [-0.1, -0.05) is 53.5 Å². The molecule has 0 amide bonds. The average molecular weight is 466 g/mol. The molecular formula is C23H21Cl2N7. The van der Waals surface area contributed by atoms with E-state index in [1.54, 1.807) is 6.20 Å². The first-order valence-corrected chi connectivity index (χ1v) is 11.0. The molecule has 0 aliphatic carbocycles. The van der Waals surface area contributed by atoms with Crippen LogP contribution in [0.25, 0.3) is 22.6 Å². The number of imidazole rings is 1. The van der Waals surface area contributed by atoms with E-state index in [0.717, 1.165) is 51.8 Å². The van der Waals surface area contributed by atoms with Crippen molar-refractivity contribution in [2.75, 3.05) is 0 Å². The lowest BCUT2D eigenvalue weighted by Crippen LogP contribution is -2.33. The van der Waals surface area contributed by atoms with E-state index in [1.165, 1.54) is 0 Å². The van der Waals surface area contributed by atoms with Crippen molar-refractivity contribution < 1.29 is 0 Å². The minimum Gasteiger partial charge on any atom is -0.330 e. The maximum absolute atomic E-state index is 6.37. The van der Waals surface area contributed by atoms with Crippen LogP contribution in [0.15, 0.2) is 73.2 Å². The quantitative estimate of drug-likeness (QED) is 0.340. The van der Waals surface area contributed by atoms with Crippen LogP contribution in [0.3, 0.4) is 0 Å². The van der Waals surface area contributed by atoms with Gasteiger partial charge in [0.2, 0.25) is 0 Å². The van der Waals surface area contributed by atoms with Crippen LogP contribution >= 0.6 is 23.2 Å². The number of halogens is 2. The Labute approximate surface area is 195 Å². The standard InChI is InChI=1S/C23H21Cl2N7/c24-18-7-5-16(6-8-18)22-21(20-13-17(9-11-26-20)23-28-30-31-29-23)27-14-32(22)12-10-15-3-1-2-4-19(15)25/h1-9,11,13-14,23,28-31H,10,12H2. The molecule has 7 nitrogen and oxygen atoms in total. The molecule has 0 unspecified atom stereocenters. The molecule has 0 saturated carbocycles. The number of benzene rings is 2. The summed E-state index contributed by atoms with van der Waals surface area (Å²) in [6.07, 6.45) is 4.36. The number of nitrogens with zero attached hydrogens (tertiary/aromatic N) is 3. The largest absolute Gasteiger partial charge is 0.330 e. The molecule has 3 heterocycles.